The molecule has 0 heterocycles. The van der Waals surface area contributed by atoms with E-state index in [1.807, 2.05) is 6.92 Å². The van der Waals surface area contributed by atoms with Crippen LogP contribution in [-0.2, 0) is 6.42 Å². The molecule has 1 nitrogen and oxygen atoms in total. The molecule has 1 unspecified atom stereocenters. The van der Waals surface area contributed by atoms with Gasteiger partial charge in [0.1, 0.15) is 0 Å². The fourth-order valence-electron chi connectivity index (χ4n) is 1.30. The van der Waals surface area contributed by atoms with E-state index >= 15 is 0 Å². The van der Waals surface area contributed by atoms with Crippen LogP contribution in [0.5, 0.6) is 0 Å². The summed E-state index contributed by atoms with van der Waals surface area (Å²) in [6, 6.07) is 6.95. The van der Waals surface area contributed by atoms with Gasteiger partial charge < -0.3 is 5.73 Å². The SMILES string of the molecule is CC(N)c1ccc(CC(C)(F)F)cc1. The van der Waals surface area contributed by atoms with Crippen LogP contribution in [0.2, 0.25) is 0 Å². The molecule has 1 rings (SSSR count). The Balaban J connectivity index is 2.74. The molecule has 0 saturated carbocycles. The lowest BCUT2D eigenvalue weighted by Gasteiger charge is -2.11. The van der Waals surface area contributed by atoms with Gasteiger partial charge in [0.15, 0.2) is 0 Å². The van der Waals surface area contributed by atoms with Crippen molar-refractivity contribution in [2.24, 2.45) is 5.73 Å². The van der Waals surface area contributed by atoms with Gasteiger partial charge in [0, 0.05) is 12.5 Å². The maximum Gasteiger partial charge on any atom is 0.249 e. The molecule has 2 N–H and O–H groups in total. The van der Waals surface area contributed by atoms with Gasteiger partial charge in [0.05, 0.1) is 0 Å². The topological polar surface area (TPSA) is 26.0 Å². The van der Waals surface area contributed by atoms with E-state index in [4.69, 9.17) is 5.73 Å². The summed E-state index contributed by atoms with van der Waals surface area (Å²) in [6.45, 7) is 2.79. The van der Waals surface area contributed by atoms with Crippen LogP contribution in [0.4, 0.5) is 8.78 Å². The molecule has 0 radical (unpaired) electrons. The molecule has 0 fully saturated rings. The van der Waals surface area contributed by atoms with Crippen molar-refractivity contribution in [1.82, 2.24) is 0 Å². The van der Waals surface area contributed by atoms with Crippen LogP contribution >= 0.6 is 0 Å². The highest BCUT2D eigenvalue weighted by Gasteiger charge is 2.21. The minimum Gasteiger partial charge on any atom is -0.324 e. The molecular weight excluding hydrogens is 184 g/mol. The molecule has 0 spiro atoms. The van der Waals surface area contributed by atoms with Gasteiger partial charge in [-0.1, -0.05) is 24.3 Å². The first kappa shape index (κ1) is 11.1. The van der Waals surface area contributed by atoms with Crippen LogP contribution in [0.1, 0.15) is 31.0 Å². The number of halogens is 2. The molecule has 78 valence electrons. The van der Waals surface area contributed by atoms with Crippen LogP contribution < -0.4 is 5.73 Å². The second-order valence-electron chi connectivity index (χ2n) is 3.78. The molecule has 0 amide bonds. The van der Waals surface area contributed by atoms with Crippen molar-refractivity contribution in [1.29, 1.82) is 0 Å². The van der Waals surface area contributed by atoms with Crippen molar-refractivity contribution in [3.63, 3.8) is 0 Å². The predicted molar refractivity (Wildman–Crippen MR) is 53.4 cm³/mol. The summed E-state index contributed by atoms with van der Waals surface area (Å²) in [5, 5.41) is 0. The summed E-state index contributed by atoms with van der Waals surface area (Å²) >= 11 is 0. The number of benzene rings is 1. The Morgan fingerprint density at radius 1 is 1.29 bits per heavy atom. The second-order valence-corrected chi connectivity index (χ2v) is 3.78. The van der Waals surface area contributed by atoms with Crippen LogP contribution in [-0.4, -0.2) is 5.92 Å². The molecule has 1 aromatic carbocycles. The van der Waals surface area contributed by atoms with Gasteiger partial charge in [0.25, 0.3) is 0 Å². The summed E-state index contributed by atoms with van der Waals surface area (Å²) in [6.07, 6.45) is -0.216. The van der Waals surface area contributed by atoms with Gasteiger partial charge >= 0.3 is 0 Å². The quantitative estimate of drug-likeness (QED) is 0.795. The van der Waals surface area contributed by atoms with Crippen molar-refractivity contribution in [2.75, 3.05) is 0 Å². The van der Waals surface area contributed by atoms with Crippen molar-refractivity contribution in [2.45, 2.75) is 32.2 Å². The van der Waals surface area contributed by atoms with Gasteiger partial charge in [-0.2, -0.15) is 0 Å². The Kier molecular flexibility index (Phi) is 3.21. The Hall–Kier alpha value is -0.960. The van der Waals surface area contributed by atoms with E-state index < -0.39 is 5.92 Å². The van der Waals surface area contributed by atoms with E-state index in [0.29, 0.717) is 5.56 Å². The summed E-state index contributed by atoms with van der Waals surface area (Å²) in [5.41, 5.74) is 7.25. The van der Waals surface area contributed by atoms with Crippen molar-refractivity contribution >= 4 is 0 Å². The van der Waals surface area contributed by atoms with Gasteiger partial charge in [-0.25, -0.2) is 8.78 Å². The summed E-state index contributed by atoms with van der Waals surface area (Å²) in [4.78, 5) is 0. The van der Waals surface area contributed by atoms with Gasteiger partial charge in [-0.3, -0.25) is 0 Å². The summed E-state index contributed by atoms with van der Waals surface area (Å²) < 4.78 is 25.3. The monoisotopic (exact) mass is 199 g/mol. The molecule has 0 saturated heterocycles. The molecule has 14 heavy (non-hydrogen) atoms. The Morgan fingerprint density at radius 2 is 1.79 bits per heavy atom. The first-order chi connectivity index (χ1) is 6.38. The van der Waals surface area contributed by atoms with E-state index in [2.05, 4.69) is 0 Å². The first-order valence-electron chi connectivity index (χ1n) is 4.61. The zero-order valence-electron chi connectivity index (χ0n) is 8.43. The fraction of sp³-hybridized carbons (Fsp3) is 0.455. The predicted octanol–water partition coefficient (Wildman–Crippen LogP) is 2.90. The van der Waals surface area contributed by atoms with Crippen molar-refractivity contribution < 1.29 is 8.78 Å². The van der Waals surface area contributed by atoms with Crippen molar-refractivity contribution in [3.05, 3.63) is 35.4 Å². The third kappa shape index (κ3) is 3.42. The normalized spacial score (nSPS) is 14.1. The summed E-state index contributed by atoms with van der Waals surface area (Å²) in [5.74, 6) is -2.64. The van der Waals surface area contributed by atoms with Crippen LogP contribution in [0, 0.1) is 0 Å². The minimum atomic E-state index is -2.64. The maximum atomic E-state index is 12.6. The molecule has 3 heteroatoms. The fourth-order valence-corrected chi connectivity index (χ4v) is 1.30. The lowest BCUT2D eigenvalue weighted by Crippen LogP contribution is -2.13. The van der Waals surface area contributed by atoms with E-state index in [0.717, 1.165) is 12.5 Å². The molecule has 0 aromatic heterocycles. The third-order valence-electron chi connectivity index (χ3n) is 2.02. The van der Waals surface area contributed by atoms with Crippen LogP contribution in [0.25, 0.3) is 0 Å². The Labute approximate surface area is 82.9 Å². The van der Waals surface area contributed by atoms with E-state index in [1.54, 1.807) is 24.3 Å². The standard InChI is InChI=1S/C11H15F2N/c1-8(14)10-5-3-9(4-6-10)7-11(2,12)13/h3-6,8H,7,14H2,1-2H3. The largest absolute Gasteiger partial charge is 0.324 e. The van der Waals surface area contributed by atoms with E-state index in [9.17, 15) is 8.78 Å². The zero-order chi connectivity index (χ0) is 10.8. The van der Waals surface area contributed by atoms with Crippen molar-refractivity contribution in [3.8, 4) is 0 Å². The average molecular weight is 199 g/mol. The number of hydrogen-bond donors (Lipinski definition) is 1. The molecule has 0 bridgehead atoms. The minimum absolute atomic E-state index is 0.0498. The molecule has 1 aromatic rings. The van der Waals surface area contributed by atoms with Crippen LogP contribution in [0.3, 0.4) is 0 Å². The van der Waals surface area contributed by atoms with Gasteiger partial charge in [-0.05, 0) is 25.0 Å². The van der Waals surface area contributed by atoms with E-state index in [-0.39, 0.29) is 12.5 Å². The Bertz CT molecular complexity index is 285. The first-order valence-corrected chi connectivity index (χ1v) is 4.61. The van der Waals surface area contributed by atoms with Gasteiger partial charge in [-0.15, -0.1) is 0 Å². The highest BCUT2D eigenvalue weighted by molar-refractivity contribution is 5.25. The van der Waals surface area contributed by atoms with Crippen LogP contribution in [0.15, 0.2) is 24.3 Å². The lowest BCUT2D eigenvalue weighted by atomic mass is 10.0. The number of hydrogen-bond acceptors (Lipinski definition) is 1. The number of rotatable bonds is 3. The number of nitrogens with two attached hydrogens (primary N) is 1. The maximum absolute atomic E-state index is 12.6. The molecule has 0 aliphatic carbocycles. The third-order valence-corrected chi connectivity index (χ3v) is 2.02. The van der Waals surface area contributed by atoms with Gasteiger partial charge in [0.2, 0.25) is 5.92 Å². The lowest BCUT2D eigenvalue weighted by molar-refractivity contribution is 0.0226. The molecular formula is C11H15F2N. The smallest absolute Gasteiger partial charge is 0.249 e. The molecule has 1 atom stereocenters. The number of alkyl halides is 2. The Morgan fingerprint density at radius 3 is 2.14 bits per heavy atom. The highest BCUT2D eigenvalue weighted by atomic mass is 19.3. The highest BCUT2D eigenvalue weighted by Crippen LogP contribution is 2.20. The zero-order valence-corrected chi connectivity index (χ0v) is 8.43. The average Bonchev–Trinajstić information content (AvgIpc) is 2.02. The molecule has 0 aliphatic heterocycles. The molecule has 0 aliphatic rings. The summed E-state index contributed by atoms with van der Waals surface area (Å²) in [7, 11) is 0. The van der Waals surface area contributed by atoms with E-state index in [1.165, 1.54) is 0 Å². The second kappa shape index (κ2) is 4.05.